The number of nitriles is 1. The number of rotatable bonds is 4. The quantitative estimate of drug-likeness (QED) is 0.937. The van der Waals surface area contributed by atoms with Gasteiger partial charge in [0, 0.05) is 6.42 Å². The Balaban J connectivity index is 1.90. The van der Waals surface area contributed by atoms with Crippen LogP contribution in [-0.4, -0.2) is 16.2 Å². The number of aromatic nitrogens is 2. The highest BCUT2D eigenvalue weighted by atomic mass is 19.4. The number of hydrogen-bond donors (Lipinski definition) is 1. The molecule has 1 amide bonds. The zero-order valence-electron chi connectivity index (χ0n) is 11.0. The molecule has 0 aliphatic rings. The number of carbonyl (C=O) groups excluding carboxylic acids is 1. The van der Waals surface area contributed by atoms with E-state index in [-0.39, 0.29) is 24.4 Å². The molecule has 0 atom stereocenters. The third-order valence-electron chi connectivity index (χ3n) is 2.77. The highest BCUT2D eigenvalue weighted by molar-refractivity contribution is 5.90. The van der Waals surface area contributed by atoms with E-state index >= 15 is 0 Å². The van der Waals surface area contributed by atoms with E-state index in [0.717, 1.165) is 12.1 Å². The molecular formula is C13H9F3N4O2. The standard InChI is InChI=1S/C13H9F3N4O2/c14-13(15,16)9-4-1-8(2-5-9)3-6-11(21)18-12-10(7-17)19-22-20-12/h1-2,4-5H,3,6H2,(H,18,20,21). The van der Waals surface area contributed by atoms with Crippen LogP contribution in [0.2, 0.25) is 0 Å². The Morgan fingerprint density at radius 1 is 1.27 bits per heavy atom. The van der Waals surface area contributed by atoms with E-state index in [9.17, 15) is 18.0 Å². The third kappa shape index (κ3) is 3.82. The average molecular weight is 310 g/mol. The minimum Gasteiger partial charge on any atom is -0.305 e. The molecule has 114 valence electrons. The minimum atomic E-state index is -4.39. The fourth-order valence-electron chi connectivity index (χ4n) is 1.66. The van der Waals surface area contributed by atoms with Gasteiger partial charge in [0.15, 0.2) is 0 Å². The predicted octanol–water partition coefficient (Wildman–Crippen LogP) is 2.53. The fraction of sp³-hybridized carbons (Fsp3) is 0.231. The Morgan fingerprint density at radius 2 is 1.95 bits per heavy atom. The van der Waals surface area contributed by atoms with Crippen molar-refractivity contribution in [3.05, 3.63) is 41.1 Å². The second-order valence-electron chi connectivity index (χ2n) is 4.32. The van der Waals surface area contributed by atoms with Gasteiger partial charge in [-0.1, -0.05) is 12.1 Å². The van der Waals surface area contributed by atoms with E-state index in [1.54, 1.807) is 6.07 Å². The maximum absolute atomic E-state index is 12.4. The molecule has 0 aliphatic carbocycles. The summed E-state index contributed by atoms with van der Waals surface area (Å²) in [7, 11) is 0. The molecule has 1 aromatic heterocycles. The summed E-state index contributed by atoms with van der Waals surface area (Å²) in [5, 5.41) is 17.6. The van der Waals surface area contributed by atoms with Crippen molar-refractivity contribution in [2.24, 2.45) is 0 Å². The summed E-state index contributed by atoms with van der Waals surface area (Å²) in [6, 6.07) is 6.24. The second-order valence-corrected chi connectivity index (χ2v) is 4.32. The van der Waals surface area contributed by atoms with Crippen molar-refractivity contribution in [2.45, 2.75) is 19.0 Å². The van der Waals surface area contributed by atoms with Gasteiger partial charge in [-0.3, -0.25) is 4.79 Å². The number of hydrogen-bond acceptors (Lipinski definition) is 5. The highest BCUT2D eigenvalue weighted by Gasteiger charge is 2.29. The molecule has 0 saturated heterocycles. The number of anilines is 1. The number of alkyl halides is 3. The third-order valence-corrected chi connectivity index (χ3v) is 2.77. The van der Waals surface area contributed by atoms with Gasteiger partial charge in [-0.05, 0) is 34.4 Å². The van der Waals surface area contributed by atoms with E-state index in [2.05, 4.69) is 20.3 Å². The van der Waals surface area contributed by atoms with Crippen LogP contribution < -0.4 is 5.32 Å². The maximum atomic E-state index is 12.4. The van der Waals surface area contributed by atoms with Gasteiger partial charge in [-0.25, -0.2) is 4.63 Å². The lowest BCUT2D eigenvalue weighted by Gasteiger charge is -2.07. The van der Waals surface area contributed by atoms with Crippen LogP contribution >= 0.6 is 0 Å². The zero-order valence-corrected chi connectivity index (χ0v) is 11.0. The summed E-state index contributed by atoms with van der Waals surface area (Å²) < 4.78 is 41.5. The molecule has 0 aliphatic heterocycles. The lowest BCUT2D eigenvalue weighted by molar-refractivity contribution is -0.137. The van der Waals surface area contributed by atoms with Gasteiger partial charge in [0.2, 0.25) is 17.4 Å². The first-order valence-electron chi connectivity index (χ1n) is 6.09. The molecule has 0 radical (unpaired) electrons. The molecule has 9 heteroatoms. The molecule has 0 saturated carbocycles. The van der Waals surface area contributed by atoms with Crippen LogP contribution in [0, 0.1) is 11.3 Å². The first-order chi connectivity index (χ1) is 10.4. The highest BCUT2D eigenvalue weighted by Crippen LogP contribution is 2.29. The smallest absolute Gasteiger partial charge is 0.305 e. The van der Waals surface area contributed by atoms with Crippen LogP contribution in [0.1, 0.15) is 23.2 Å². The molecule has 0 spiro atoms. The van der Waals surface area contributed by atoms with Crippen molar-refractivity contribution in [3.63, 3.8) is 0 Å². The maximum Gasteiger partial charge on any atom is 0.416 e. The van der Waals surface area contributed by atoms with Crippen molar-refractivity contribution < 1.29 is 22.6 Å². The number of nitrogens with zero attached hydrogens (tertiary/aromatic N) is 3. The molecule has 22 heavy (non-hydrogen) atoms. The van der Waals surface area contributed by atoms with Crippen molar-refractivity contribution in [1.29, 1.82) is 5.26 Å². The molecule has 1 aromatic carbocycles. The van der Waals surface area contributed by atoms with Crippen LogP contribution in [0.5, 0.6) is 0 Å². The largest absolute Gasteiger partial charge is 0.416 e. The van der Waals surface area contributed by atoms with Crippen LogP contribution in [0.4, 0.5) is 19.0 Å². The topological polar surface area (TPSA) is 91.8 Å². The van der Waals surface area contributed by atoms with Crippen molar-refractivity contribution in [2.75, 3.05) is 5.32 Å². The van der Waals surface area contributed by atoms with Gasteiger partial charge in [-0.15, -0.1) is 0 Å². The minimum absolute atomic E-state index is 0.0170. The summed E-state index contributed by atoms with van der Waals surface area (Å²) in [6.45, 7) is 0. The Hall–Kier alpha value is -2.89. The summed E-state index contributed by atoms with van der Waals surface area (Å²) in [4.78, 5) is 11.7. The number of amides is 1. The van der Waals surface area contributed by atoms with Gasteiger partial charge >= 0.3 is 6.18 Å². The van der Waals surface area contributed by atoms with Crippen molar-refractivity contribution in [1.82, 2.24) is 10.3 Å². The Kier molecular flexibility index (Phi) is 4.41. The van der Waals surface area contributed by atoms with E-state index < -0.39 is 17.6 Å². The zero-order chi connectivity index (χ0) is 16.2. The second kappa shape index (κ2) is 6.26. The van der Waals surface area contributed by atoms with Gasteiger partial charge < -0.3 is 5.32 Å². The van der Waals surface area contributed by atoms with Crippen LogP contribution in [0.15, 0.2) is 28.9 Å². The van der Waals surface area contributed by atoms with Crippen molar-refractivity contribution >= 4 is 11.7 Å². The Labute approximate surface area is 122 Å². The Bertz CT molecular complexity index is 701. The molecule has 1 heterocycles. The monoisotopic (exact) mass is 310 g/mol. The van der Waals surface area contributed by atoms with Gasteiger partial charge in [0.25, 0.3) is 0 Å². The molecule has 0 unspecified atom stereocenters. The van der Waals surface area contributed by atoms with E-state index in [0.29, 0.717) is 5.56 Å². The number of benzene rings is 1. The summed E-state index contributed by atoms with van der Waals surface area (Å²) in [5.74, 6) is -0.535. The molecule has 2 rings (SSSR count). The van der Waals surface area contributed by atoms with Crippen molar-refractivity contribution in [3.8, 4) is 6.07 Å². The summed E-state index contributed by atoms with van der Waals surface area (Å²) >= 11 is 0. The Morgan fingerprint density at radius 3 is 2.55 bits per heavy atom. The van der Waals surface area contributed by atoms with Gasteiger partial charge in [0.05, 0.1) is 5.56 Å². The SMILES string of the molecule is N#Cc1nonc1NC(=O)CCc1ccc(C(F)(F)F)cc1. The normalized spacial score (nSPS) is 11.0. The molecule has 2 aromatic rings. The molecule has 1 N–H and O–H groups in total. The number of halogens is 3. The lowest BCUT2D eigenvalue weighted by Crippen LogP contribution is -2.13. The average Bonchev–Trinajstić information content (AvgIpc) is 2.92. The lowest BCUT2D eigenvalue weighted by atomic mass is 10.1. The van der Waals surface area contributed by atoms with Crippen LogP contribution in [0.25, 0.3) is 0 Å². The molecule has 6 nitrogen and oxygen atoms in total. The summed E-state index contributed by atoms with van der Waals surface area (Å²) in [5.41, 5.74) is -0.308. The van der Waals surface area contributed by atoms with Crippen LogP contribution in [-0.2, 0) is 17.4 Å². The molecule has 0 fully saturated rings. The van der Waals surface area contributed by atoms with E-state index in [1.807, 2.05) is 0 Å². The van der Waals surface area contributed by atoms with Crippen LogP contribution in [0.3, 0.4) is 0 Å². The number of aryl methyl sites for hydroxylation is 1. The predicted molar refractivity (Wildman–Crippen MR) is 67.4 cm³/mol. The fourth-order valence-corrected chi connectivity index (χ4v) is 1.66. The van der Waals surface area contributed by atoms with E-state index in [1.165, 1.54) is 12.1 Å². The molecule has 0 bridgehead atoms. The van der Waals surface area contributed by atoms with E-state index in [4.69, 9.17) is 5.26 Å². The van der Waals surface area contributed by atoms with Gasteiger partial charge in [0.1, 0.15) is 6.07 Å². The number of carbonyl (C=O) groups is 1. The first-order valence-corrected chi connectivity index (χ1v) is 6.09. The molecular weight excluding hydrogens is 301 g/mol. The van der Waals surface area contributed by atoms with Gasteiger partial charge in [-0.2, -0.15) is 18.4 Å². The first kappa shape index (κ1) is 15.5. The summed E-state index contributed by atoms with van der Waals surface area (Å²) in [6.07, 6.45) is -4.12. The number of nitrogens with one attached hydrogen (secondary N) is 1.